The van der Waals surface area contributed by atoms with Crippen LogP contribution in [0.15, 0.2) is 24.3 Å². The van der Waals surface area contributed by atoms with Crippen molar-refractivity contribution in [3.8, 4) is 0 Å². The van der Waals surface area contributed by atoms with Crippen molar-refractivity contribution in [3.63, 3.8) is 0 Å². The van der Waals surface area contributed by atoms with E-state index in [1.807, 2.05) is 0 Å². The third-order valence-corrected chi connectivity index (χ3v) is 4.05. The van der Waals surface area contributed by atoms with Crippen LogP contribution in [-0.4, -0.2) is 35.9 Å². The number of aliphatic carboxylic acids is 1. The second kappa shape index (κ2) is 6.94. The highest BCUT2D eigenvalue weighted by Crippen LogP contribution is 2.28. The molecule has 1 aromatic rings. The molecule has 1 fully saturated rings. The highest BCUT2D eigenvalue weighted by molar-refractivity contribution is 5.67. The van der Waals surface area contributed by atoms with Crippen LogP contribution in [0.2, 0.25) is 0 Å². The largest absolute Gasteiger partial charge is 0.481 e. The van der Waals surface area contributed by atoms with E-state index in [0.717, 1.165) is 18.5 Å². The first-order valence-electron chi connectivity index (χ1n) is 7.66. The van der Waals surface area contributed by atoms with E-state index in [1.54, 1.807) is 0 Å². The van der Waals surface area contributed by atoms with Crippen LogP contribution in [0.1, 0.15) is 38.7 Å². The Bertz CT molecular complexity index is 461. The lowest BCUT2D eigenvalue weighted by Crippen LogP contribution is -2.45. The van der Waals surface area contributed by atoms with Crippen molar-refractivity contribution in [1.82, 2.24) is 0 Å². The molecule has 0 bridgehead atoms. The van der Waals surface area contributed by atoms with E-state index < -0.39 is 5.97 Å². The summed E-state index contributed by atoms with van der Waals surface area (Å²) in [5.41, 5.74) is 2.32. The normalized spacial score (nSPS) is 25.6. The molecule has 2 rings (SSSR count). The quantitative estimate of drug-likeness (QED) is 0.905. The summed E-state index contributed by atoms with van der Waals surface area (Å²) >= 11 is 0. The van der Waals surface area contributed by atoms with Gasteiger partial charge in [-0.05, 0) is 45.7 Å². The number of rotatable bonds is 5. The molecule has 0 amide bonds. The Morgan fingerprint density at radius 3 is 2.33 bits per heavy atom. The molecule has 0 aromatic heterocycles. The fourth-order valence-electron chi connectivity index (χ4n) is 3.10. The maximum absolute atomic E-state index is 10.9. The number of benzene rings is 1. The monoisotopic (exact) mass is 291 g/mol. The van der Waals surface area contributed by atoms with Crippen molar-refractivity contribution in [2.45, 2.75) is 58.3 Å². The van der Waals surface area contributed by atoms with E-state index >= 15 is 0 Å². The zero-order chi connectivity index (χ0) is 15.4. The zero-order valence-electron chi connectivity index (χ0n) is 13.1. The Balaban J connectivity index is 2.18. The molecule has 2 unspecified atom stereocenters. The average Bonchev–Trinajstić information content (AvgIpc) is 2.39. The lowest BCUT2D eigenvalue weighted by molar-refractivity contribution is -0.136. The summed E-state index contributed by atoms with van der Waals surface area (Å²) in [6.07, 6.45) is 2.48. The first-order valence-corrected chi connectivity index (χ1v) is 7.66. The van der Waals surface area contributed by atoms with Crippen molar-refractivity contribution in [2.75, 3.05) is 11.4 Å². The fourth-order valence-corrected chi connectivity index (χ4v) is 3.10. The SMILES string of the molecule is Cc1ccc(N(CCC(=O)O)C2CC(C)OC(C)C2)cc1. The molecule has 0 radical (unpaired) electrons. The highest BCUT2D eigenvalue weighted by atomic mass is 16.5. The number of anilines is 1. The number of aryl methyl sites for hydroxylation is 1. The van der Waals surface area contributed by atoms with Gasteiger partial charge >= 0.3 is 5.97 Å². The minimum atomic E-state index is -0.750. The summed E-state index contributed by atoms with van der Waals surface area (Å²) in [6, 6.07) is 8.67. The van der Waals surface area contributed by atoms with E-state index in [4.69, 9.17) is 9.84 Å². The average molecular weight is 291 g/mol. The van der Waals surface area contributed by atoms with Crippen LogP contribution in [0.5, 0.6) is 0 Å². The van der Waals surface area contributed by atoms with Crippen LogP contribution in [0, 0.1) is 6.92 Å². The van der Waals surface area contributed by atoms with Gasteiger partial charge in [-0.1, -0.05) is 17.7 Å². The topological polar surface area (TPSA) is 49.8 Å². The first-order chi connectivity index (χ1) is 9.95. The highest BCUT2D eigenvalue weighted by Gasteiger charge is 2.29. The second-order valence-electron chi connectivity index (χ2n) is 6.06. The number of carbonyl (C=O) groups is 1. The minimum Gasteiger partial charge on any atom is -0.481 e. The van der Waals surface area contributed by atoms with Gasteiger partial charge in [0.1, 0.15) is 0 Å². The summed E-state index contributed by atoms with van der Waals surface area (Å²) in [6.45, 7) is 6.78. The second-order valence-corrected chi connectivity index (χ2v) is 6.06. The predicted octanol–water partition coefficient (Wildman–Crippen LogP) is 3.23. The molecular weight excluding hydrogens is 266 g/mol. The summed E-state index contributed by atoms with van der Waals surface area (Å²) < 4.78 is 5.80. The minimum absolute atomic E-state index is 0.161. The van der Waals surface area contributed by atoms with Crippen LogP contribution in [0.4, 0.5) is 5.69 Å². The van der Waals surface area contributed by atoms with E-state index in [1.165, 1.54) is 5.56 Å². The molecule has 1 saturated heterocycles. The Hall–Kier alpha value is -1.55. The predicted molar refractivity (Wildman–Crippen MR) is 83.8 cm³/mol. The van der Waals surface area contributed by atoms with Crippen molar-refractivity contribution in [3.05, 3.63) is 29.8 Å². The Morgan fingerprint density at radius 1 is 1.24 bits per heavy atom. The first kappa shape index (κ1) is 15.8. The van der Waals surface area contributed by atoms with Gasteiger partial charge in [0.2, 0.25) is 0 Å². The summed E-state index contributed by atoms with van der Waals surface area (Å²) in [5, 5.41) is 9.00. The van der Waals surface area contributed by atoms with Gasteiger partial charge in [-0.3, -0.25) is 4.79 Å². The van der Waals surface area contributed by atoms with Crippen molar-refractivity contribution < 1.29 is 14.6 Å². The zero-order valence-corrected chi connectivity index (χ0v) is 13.1. The fraction of sp³-hybridized carbons (Fsp3) is 0.588. The van der Waals surface area contributed by atoms with Crippen LogP contribution < -0.4 is 4.90 Å². The van der Waals surface area contributed by atoms with E-state index in [0.29, 0.717) is 12.6 Å². The van der Waals surface area contributed by atoms with Crippen molar-refractivity contribution in [1.29, 1.82) is 0 Å². The number of hydrogen-bond acceptors (Lipinski definition) is 3. The number of nitrogens with zero attached hydrogens (tertiary/aromatic N) is 1. The van der Waals surface area contributed by atoms with E-state index in [-0.39, 0.29) is 18.6 Å². The smallest absolute Gasteiger partial charge is 0.305 e. The Labute approximate surface area is 126 Å². The van der Waals surface area contributed by atoms with Gasteiger partial charge in [0, 0.05) is 18.3 Å². The van der Waals surface area contributed by atoms with Gasteiger partial charge < -0.3 is 14.7 Å². The van der Waals surface area contributed by atoms with E-state index in [2.05, 4.69) is 49.9 Å². The molecule has 4 heteroatoms. The number of ether oxygens (including phenoxy) is 1. The molecule has 0 saturated carbocycles. The molecule has 21 heavy (non-hydrogen) atoms. The summed E-state index contributed by atoms with van der Waals surface area (Å²) in [4.78, 5) is 13.2. The van der Waals surface area contributed by atoms with Gasteiger partial charge in [-0.15, -0.1) is 0 Å². The molecule has 0 spiro atoms. The molecule has 1 aliphatic rings. The lowest BCUT2D eigenvalue weighted by Gasteiger charge is -2.40. The molecule has 4 nitrogen and oxygen atoms in total. The Kier molecular flexibility index (Phi) is 5.23. The lowest BCUT2D eigenvalue weighted by atomic mass is 9.97. The molecule has 0 aliphatic carbocycles. The number of hydrogen-bond donors (Lipinski definition) is 1. The third kappa shape index (κ3) is 4.46. The number of carboxylic acids is 1. The number of carboxylic acid groups (broad SMARTS) is 1. The van der Waals surface area contributed by atoms with Crippen molar-refractivity contribution in [2.24, 2.45) is 0 Å². The van der Waals surface area contributed by atoms with Gasteiger partial charge in [-0.2, -0.15) is 0 Å². The third-order valence-electron chi connectivity index (χ3n) is 4.05. The molecule has 1 N–H and O–H groups in total. The molecule has 2 atom stereocenters. The Morgan fingerprint density at radius 2 is 1.81 bits per heavy atom. The van der Waals surface area contributed by atoms with Crippen molar-refractivity contribution >= 4 is 11.7 Å². The van der Waals surface area contributed by atoms with Crippen LogP contribution in [-0.2, 0) is 9.53 Å². The standard InChI is InChI=1S/C17H25NO3/c1-12-4-6-15(7-5-12)18(9-8-17(19)20)16-10-13(2)21-14(3)11-16/h4-7,13-14,16H,8-11H2,1-3H3,(H,19,20). The molecule has 1 heterocycles. The maximum atomic E-state index is 10.9. The maximum Gasteiger partial charge on any atom is 0.305 e. The van der Waals surface area contributed by atoms with Gasteiger partial charge in [0.05, 0.1) is 18.6 Å². The van der Waals surface area contributed by atoms with Crippen LogP contribution in [0.3, 0.4) is 0 Å². The van der Waals surface area contributed by atoms with Gasteiger partial charge in [-0.25, -0.2) is 0 Å². The van der Waals surface area contributed by atoms with Gasteiger partial charge in [0.15, 0.2) is 0 Å². The van der Waals surface area contributed by atoms with E-state index in [9.17, 15) is 4.79 Å². The summed E-state index contributed by atoms with van der Waals surface area (Å²) in [5.74, 6) is -0.750. The van der Waals surface area contributed by atoms with Crippen LogP contribution in [0.25, 0.3) is 0 Å². The van der Waals surface area contributed by atoms with Crippen LogP contribution >= 0.6 is 0 Å². The van der Waals surface area contributed by atoms with Gasteiger partial charge in [0.25, 0.3) is 0 Å². The summed E-state index contributed by atoms with van der Waals surface area (Å²) in [7, 11) is 0. The molecule has 1 aromatic carbocycles. The molecule has 1 aliphatic heterocycles. The molecule has 116 valence electrons. The molecular formula is C17H25NO3.